The third-order valence-corrected chi connectivity index (χ3v) is 23.4. The third kappa shape index (κ3) is 8.51. The van der Waals surface area contributed by atoms with Crippen molar-refractivity contribution in [1.29, 1.82) is 0 Å². The van der Waals surface area contributed by atoms with Gasteiger partial charge in [0.25, 0.3) is 0 Å². The molecule has 4 nitrogen and oxygen atoms in total. The summed E-state index contributed by atoms with van der Waals surface area (Å²) in [6, 6.07) is 8.27. The highest BCUT2D eigenvalue weighted by Gasteiger charge is 2.44. The molecule has 1 heterocycles. The molecule has 0 aliphatic heterocycles. The van der Waals surface area contributed by atoms with E-state index < -0.39 is 8.80 Å². The number of fused-ring (bicyclic) bond motifs is 1. The molecule has 158 valence electrons. The first-order chi connectivity index (χ1) is 13.6. The van der Waals surface area contributed by atoms with Crippen LogP contribution < -0.4 is 0 Å². The highest BCUT2D eigenvalue weighted by atomic mass is 34.0. The second-order valence-electron chi connectivity index (χ2n) is 5.17. The molecule has 0 saturated heterocycles. The van der Waals surface area contributed by atoms with E-state index in [0.717, 1.165) is 22.0 Å². The predicted molar refractivity (Wildman–Crippen MR) is 144 cm³/mol. The zero-order valence-electron chi connectivity index (χ0n) is 15.6. The molecule has 0 radical (unpaired) electrons. The van der Waals surface area contributed by atoms with Gasteiger partial charge in [-0.3, -0.25) is 0 Å². The van der Waals surface area contributed by atoms with Gasteiger partial charge in [-0.05, 0) is 88.3 Å². The number of benzene rings is 1. The number of para-hydroxylation sites is 1. The fourth-order valence-corrected chi connectivity index (χ4v) is 23.1. The molecular formula is C14H21NO3S9Si. The Kier molecular flexibility index (Phi) is 14.0. The summed E-state index contributed by atoms with van der Waals surface area (Å²) in [4.78, 5) is 4.62. The molecule has 1 unspecified atom stereocenters. The lowest BCUT2D eigenvalue weighted by molar-refractivity contribution is 0.112. The van der Waals surface area contributed by atoms with Crippen LogP contribution in [0.25, 0.3) is 10.2 Å². The summed E-state index contributed by atoms with van der Waals surface area (Å²) in [6.45, 7) is 2.14. The largest absolute Gasteiger partial charge is 0.503 e. The Morgan fingerprint density at radius 2 is 1.61 bits per heavy atom. The Balaban J connectivity index is 1.47. The van der Waals surface area contributed by atoms with Crippen LogP contribution in [0.15, 0.2) is 28.6 Å². The lowest BCUT2D eigenvalue weighted by Gasteiger charge is -2.29. The van der Waals surface area contributed by atoms with E-state index in [1.807, 2.05) is 26.7 Å². The summed E-state index contributed by atoms with van der Waals surface area (Å²) in [5, 5.41) is 0. The molecule has 1 aromatic heterocycles. The van der Waals surface area contributed by atoms with E-state index in [1.54, 1.807) is 92.6 Å². The quantitative estimate of drug-likeness (QED) is 0.117. The fraction of sp³-hybridized carbons (Fsp3) is 0.500. The molecule has 0 saturated carbocycles. The van der Waals surface area contributed by atoms with Crippen molar-refractivity contribution in [2.45, 2.75) is 23.2 Å². The molecule has 2 aromatic rings. The smallest absolute Gasteiger partial charge is 0.377 e. The van der Waals surface area contributed by atoms with Crippen LogP contribution in [0.5, 0.6) is 0 Å². The Labute approximate surface area is 201 Å². The Bertz CT molecular complexity index is 650. The van der Waals surface area contributed by atoms with Crippen LogP contribution in [0.3, 0.4) is 0 Å². The van der Waals surface area contributed by atoms with E-state index in [-0.39, 0.29) is 0 Å². The van der Waals surface area contributed by atoms with E-state index in [9.17, 15) is 0 Å². The van der Waals surface area contributed by atoms with Gasteiger partial charge in [0.15, 0.2) is 4.34 Å². The Hall–Kier alpha value is 2.01. The van der Waals surface area contributed by atoms with Gasteiger partial charge in [-0.25, -0.2) is 4.98 Å². The monoisotopic (exact) mass is 567 g/mol. The second-order valence-corrected chi connectivity index (χ2v) is 22.9. The molecule has 1 atom stereocenters. The number of hydrogen-bond donors (Lipinski definition) is 0. The molecule has 28 heavy (non-hydrogen) atoms. The van der Waals surface area contributed by atoms with Crippen molar-refractivity contribution >= 4 is 111 Å². The van der Waals surface area contributed by atoms with Gasteiger partial charge in [0.1, 0.15) is 0 Å². The number of nitrogens with zero attached hydrogens (tertiary/aromatic N) is 1. The van der Waals surface area contributed by atoms with Gasteiger partial charge in [-0.2, -0.15) is 0 Å². The molecule has 2 rings (SSSR count). The highest BCUT2D eigenvalue weighted by Crippen LogP contribution is 2.58. The average Bonchev–Trinajstić information content (AvgIpc) is 3.14. The SMILES string of the molecule is CO[Si](OC)(OC)C(C)CCSSSSSSSSc1nc2ccccc2s1. The van der Waals surface area contributed by atoms with Gasteiger partial charge in [-0.15, -0.1) is 11.3 Å². The first-order valence-electron chi connectivity index (χ1n) is 7.95. The molecule has 0 bridgehead atoms. The molecule has 1 aromatic carbocycles. The molecule has 0 N–H and O–H groups in total. The van der Waals surface area contributed by atoms with Crippen molar-refractivity contribution in [3.8, 4) is 0 Å². The summed E-state index contributed by atoms with van der Waals surface area (Å²) in [5.41, 5.74) is 1.38. The first-order valence-corrected chi connectivity index (χ1v) is 20.9. The van der Waals surface area contributed by atoms with Gasteiger partial charge in [-0.1, -0.05) is 29.9 Å². The minimum Gasteiger partial charge on any atom is -0.377 e. The van der Waals surface area contributed by atoms with Crippen molar-refractivity contribution in [1.82, 2.24) is 4.98 Å². The maximum absolute atomic E-state index is 5.54. The lowest BCUT2D eigenvalue weighted by atomic mass is 10.3. The van der Waals surface area contributed by atoms with Gasteiger partial charge in [0, 0.05) is 32.6 Å². The summed E-state index contributed by atoms with van der Waals surface area (Å²) < 4.78 is 19.0. The summed E-state index contributed by atoms with van der Waals surface area (Å²) in [5.74, 6) is 1.05. The van der Waals surface area contributed by atoms with Crippen molar-refractivity contribution < 1.29 is 13.3 Å². The van der Waals surface area contributed by atoms with Gasteiger partial charge in [0.2, 0.25) is 0 Å². The van der Waals surface area contributed by atoms with E-state index >= 15 is 0 Å². The minimum atomic E-state index is -2.50. The third-order valence-electron chi connectivity index (χ3n) is 3.66. The maximum atomic E-state index is 5.54. The number of aromatic nitrogens is 1. The van der Waals surface area contributed by atoms with Crippen molar-refractivity contribution in [3.05, 3.63) is 24.3 Å². The maximum Gasteiger partial charge on any atom is 0.503 e. The molecule has 0 spiro atoms. The van der Waals surface area contributed by atoms with E-state index in [4.69, 9.17) is 13.3 Å². The van der Waals surface area contributed by atoms with Crippen LogP contribution in [0.4, 0.5) is 0 Å². The molecule has 14 heteroatoms. The molecule has 0 fully saturated rings. The van der Waals surface area contributed by atoms with Crippen molar-refractivity contribution in [2.24, 2.45) is 0 Å². The van der Waals surface area contributed by atoms with Gasteiger partial charge in [0.05, 0.1) is 10.2 Å². The molecular weight excluding hydrogens is 547 g/mol. The van der Waals surface area contributed by atoms with E-state index in [1.165, 1.54) is 4.70 Å². The molecule has 0 aliphatic carbocycles. The Morgan fingerprint density at radius 1 is 0.964 bits per heavy atom. The van der Waals surface area contributed by atoms with Crippen LogP contribution in [0.1, 0.15) is 13.3 Å². The van der Waals surface area contributed by atoms with Crippen LogP contribution in [-0.2, 0) is 13.3 Å². The zero-order chi connectivity index (χ0) is 20.2. The Morgan fingerprint density at radius 3 is 2.29 bits per heavy atom. The second kappa shape index (κ2) is 15.0. The van der Waals surface area contributed by atoms with Gasteiger partial charge < -0.3 is 13.3 Å². The fourth-order valence-electron chi connectivity index (χ4n) is 2.28. The highest BCUT2D eigenvalue weighted by molar-refractivity contribution is 9.48. The zero-order valence-corrected chi connectivity index (χ0v) is 24.0. The van der Waals surface area contributed by atoms with Crippen LogP contribution in [0.2, 0.25) is 5.54 Å². The number of thiazole rings is 1. The number of rotatable bonds is 15. The van der Waals surface area contributed by atoms with Crippen LogP contribution in [-0.4, -0.2) is 40.9 Å². The standard InChI is InChI=1S/C14H21NO3S9Si/c1-11(28(16-2,17-3)18-4)9-10-19-22-24-26-27-25-23-21-14-15-12-7-5-6-8-13(12)20-14/h5-8,11H,9-10H2,1-4H3. The number of hydrogen-bond acceptors (Lipinski definition) is 13. The van der Waals surface area contributed by atoms with Crippen molar-refractivity contribution in [3.63, 3.8) is 0 Å². The topological polar surface area (TPSA) is 40.6 Å². The van der Waals surface area contributed by atoms with E-state index in [2.05, 4.69) is 30.1 Å². The van der Waals surface area contributed by atoms with E-state index in [0.29, 0.717) is 5.54 Å². The summed E-state index contributed by atoms with van der Waals surface area (Å²) in [7, 11) is 16.8. The first kappa shape index (κ1) is 26.3. The summed E-state index contributed by atoms with van der Waals surface area (Å²) in [6.07, 6.45) is 1.02. The predicted octanol–water partition coefficient (Wildman–Crippen LogP) is 8.58. The minimum absolute atomic E-state index is 0.291. The normalized spacial score (nSPS) is 13.3. The van der Waals surface area contributed by atoms with Crippen molar-refractivity contribution in [2.75, 3.05) is 27.1 Å². The van der Waals surface area contributed by atoms with Gasteiger partial charge >= 0.3 is 8.80 Å². The van der Waals surface area contributed by atoms with Crippen LogP contribution in [0, 0.1) is 0 Å². The summed E-state index contributed by atoms with van der Waals surface area (Å²) >= 11 is 1.75. The molecule has 0 amide bonds. The average molecular weight is 568 g/mol. The van der Waals surface area contributed by atoms with Crippen LogP contribution >= 0.6 is 91.9 Å². The lowest BCUT2D eigenvalue weighted by Crippen LogP contribution is -2.46. The molecule has 0 aliphatic rings.